The summed E-state index contributed by atoms with van der Waals surface area (Å²) in [6.45, 7) is 6.93. The number of nitrogens with zero attached hydrogens (tertiary/aromatic N) is 2. The van der Waals surface area contributed by atoms with Crippen molar-refractivity contribution in [2.45, 2.75) is 32.2 Å². The summed E-state index contributed by atoms with van der Waals surface area (Å²) >= 11 is 6.13. The maximum absolute atomic E-state index is 13.2. The van der Waals surface area contributed by atoms with E-state index in [0.717, 1.165) is 35.3 Å². The molecule has 1 amide bonds. The number of rotatable bonds is 11. The van der Waals surface area contributed by atoms with Gasteiger partial charge in [-0.05, 0) is 55.2 Å². The van der Waals surface area contributed by atoms with E-state index in [2.05, 4.69) is 22.2 Å². The minimum atomic E-state index is -1.12. The topological polar surface area (TPSA) is 113 Å². The van der Waals surface area contributed by atoms with E-state index in [1.54, 1.807) is 7.11 Å². The predicted molar refractivity (Wildman–Crippen MR) is 151 cm³/mol. The molecule has 204 valence electrons. The molecule has 0 saturated carbocycles. The first kappa shape index (κ1) is 27.8. The highest BCUT2D eigenvalue weighted by molar-refractivity contribution is 6.32. The van der Waals surface area contributed by atoms with Gasteiger partial charge >= 0.3 is 5.97 Å². The van der Waals surface area contributed by atoms with Crippen molar-refractivity contribution < 1.29 is 24.2 Å². The number of benzene rings is 2. The Morgan fingerprint density at radius 2 is 1.95 bits per heavy atom. The molecule has 3 N–H and O–H groups in total. The van der Waals surface area contributed by atoms with Gasteiger partial charge in [-0.3, -0.25) is 4.79 Å². The summed E-state index contributed by atoms with van der Waals surface area (Å²) in [6.07, 6.45) is 3.06. The summed E-state index contributed by atoms with van der Waals surface area (Å²) in [7, 11) is 1.58. The van der Waals surface area contributed by atoms with Crippen molar-refractivity contribution in [2.75, 3.05) is 30.9 Å². The van der Waals surface area contributed by atoms with Gasteiger partial charge in [0.05, 0.1) is 30.8 Å². The average Bonchev–Trinajstić information content (AvgIpc) is 3.39. The van der Waals surface area contributed by atoms with Crippen LogP contribution in [0, 0.1) is 6.92 Å². The number of methoxy groups -OCH3 is 1. The lowest BCUT2D eigenvalue weighted by atomic mass is 10.1. The molecule has 39 heavy (non-hydrogen) atoms. The average molecular weight is 551 g/mol. The normalized spacial score (nSPS) is 14.5. The van der Waals surface area contributed by atoms with E-state index in [-0.39, 0.29) is 41.4 Å². The van der Waals surface area contributed by atoms with Gasteiger partial charge in [0.25, 0.3) is 0 Å². The maximum Gasteiger partial charge on any atom is 0.337 e. The van der Waals surface area contributed by atoms with E-state index in [4.69, 9.17) is 26.2 Å². The Morgan fingerprint density at radius 1 is 1.18 bits per heavy atom. The van der Waals surface area contributed by atoms with Crippen molar-refractivity contribution in [2.24, 2.45) is 0 Å². The second kappa shape index (κ2) is 12.5. The number of pyridine rings is 1. The van der Waals surface area contributed by atoms with Crippen LogP contribution < -0.4 is 20.1 Å². The number of aryl methyl sites for hydroxylation is 1. The lowest BCUT2D eigenvalue weighted by Crippen LogP contribution is -2.40. The first-order valence-electron chi connectivity index (χ1n) is 12.5. The molecular formula is C29H31ClN4O5. The molecule has 0 bridgehead atoms. The number of likely N-dealkylation sites (tertiary alicyclic amines) is 1. The van der Waals surface area contributed by atoms with Gasteiger partial charge in [-0.1, -0.05) is 42.4 Å². The van der Waals surface area contributed by atoms with Crippen molar-refractivity contribution in [1.29, 1.82) is 0 Å². The Balaban J connectivity index is 1.36. The number of carbonyl (C=O) groups excluding carboxylic acids is 1. The molecule has 0 radical (unpaired) electrons. The van der Waals surface area contributed by atoms with Crippen LogP contribution in [-0.2, 0) is 11.2 Å². The van der Waals surface area contributed by atoms with Crippen LogP contribution in [0.3, 0.4) is 0 Å². The van der Waals surface area contributed by atoms with Gasteiger partial charge in [0.1, 0.15) is 23.2 Å². The van der Waals surface area contributed by atoms with Crippen LogP contribution in [0.4, 0.5) is 11.4 Å². The molecule has 1 atom stereocenters. The highest BCUT2D eigenvalue weighted by Gasteiger charge is 2.29. The number of anilines is 2. The number of carboxylic acid groups (broad SMARTS) is 1. The number of carboxylic acids is 1. The monoisotopic (exact) mass is 550 g/mol. The van der Waals surface area contributed by atoms with Gasteiger partial charge in [-0.2, -0.15) is 0 Å². The van der Waals surface area contributed by atoms with E-state index in [1.807, 2.05) is 54.3 Å². The van der Waals surface area contributed by atoms with Crippen molar-refractivity contribution in [3.05, 3.63) is 88.8 Å². The smallest absolute Gasteiger partial charge is 0.337 e. The number of carbonyl (C=O) groups is 2. The van der Waals surface area contributed by atoms with Crippen molar-refractivity contribution in [1.82, 2.24) is 9.88 Å². The van der Waals surface area contributed by atoms with Crippen molar-refractivity contribution in [3.63, 3.8) is 0 Å². The molecule has 1 aliphatic rings. The Labute approximate surface area is 232 Å². The molecule has 1 aromatic heterocycles. The van der Waals surface area contributed by atoms with Gasteiger partial charge in [0.15, 0.2) is 0 Å². The number of para-hydroxylation sites is 1. The number of nitrogens with one attached hydrogen (secondary N) is 2. The summed E-state index contributed by atoms with van der Waals surface area (Å²) in [5.74, 6) is 0.202. The minimum Gasteiger partial charge on any atom is -0.495 e. The number of halogens is 1. The highest BCUT2D eigenvalue weighted by atomic mass is 35.5. The zero-order valence-corrected chi connectivity index (χ0v) is 22.6. The van der Waals surface area contributed by atoms with Gasteiger partial charge in [-0.15, -0.1) is 0 Å². The largest absolute Gasteiger partial charge is 0.495 e. The molecule has 1 unspecified atom stereocenters. The number of ether oxygens (including phenoxy) is 2. The number of hydrogen-bond acceptors (Lipinski definition) is 7. The predicted octanol–water partition coefficient (Wildman–Crippen LogP) is 5.36. The second-order valence-electron chi connectivity index (χ2n) is 9.27. The van der Waals surface area contributed by atoms with Crippen molar-refractivity contribution >= 4 is 34.9 Å². The Kier molecular flexibility index (Phi) is 8.93. The molecule has 3 aromatic rings. The van der Waals surface area contributed by atoms with Gasteiger partial charge in [0, 0.05) is 18.4 Å². The standard InChI is InChI=1S/C29H31ClN4O5/c1-18-7-4-5-9-24(18)32-19(2)33-25-11-10-20(13-26(25)38-3)14-27(35)34-12-6-8-22(34)17-39-28-23(30)15-21(16-31-28)29(36)37/h4-5,7,9-11,13,15-16,22,32-33H,2,6,8,12,14,17H2,1,3H3,(H,36,37). The number of hydrogen-bond donors (Lipinski definition) is 3. The first-order valence-corrected chi connectivity index (χ1v) is 12.9. The SMILES string of the molecule is C=C(Nc1ccccc1C)Nc1ccc(CC(=O)N2CCCC2COc2ncc(C(=O)O)cc2Cl)cc1OC. The third-order valence-corrected chi connectivity index (χ3v) is 6.77. The third kappa shape index (κ3) is 7.00. The number of aromatic nitrogens is 1. The fourth-order valence-electron chi connectivity index (χ4n) is 4.46. The second-order valence-corrected chi connectivity index (χ2v) is 9.67. The van der Waals surface area contributed by atoms with Crippen LogP contribution in [0.5, 0.6) is 11.6 Å². The fraction of sp³-hybridized carbons (Fsp3) is 0.276. The molecule has 2 heterocycles. The van der Waals surface area contributed by atoms with Crippen LogP contribution >= 0.6 is 11.6 Å². The highest BCUT2D eigenvalue weighted by Crippen LogP contribution is 2.29. The van der Waals surface area contributed by atoms with Crippen LogP contribution in [0.15, 0.2) is 67.1 Å². The summed E-state index contributed by atoms with van der Waals surface area (Å²) < 4.78 is 11.3. The van der Waals surface area contributed by atoms with Crippen LogP contribution in [0.2, 0.25) is 5.02 Å². The summed E-state index contributed by atoms with van der Waals surface area (Å²) in [6, 6.07) is 14.7. The molecule has 1 saturated heterocycles. The number of amides is 1. The molecule has 0 spiro atoms. The van der Waals surface area contributed by atoms with Gasteiger partial charge in [-0.25, -0.2) is 9.78 Å². The lowest BCUT2D eigenvalue weighted by Gasteiger charge is -2.25. The van der Waals surface area contributed by atoms with E-state index >= 15 is 0 Å². The van der Waals surface area contributed by atoms with Gasteiger partial charge in [0.2, 0.25) is 11.8 Å². The molecule has 9 nitrogen and oxygen atoms in total. The maximum atomic E-state index is 13.2. The molecule has 2 aromatic carbocycles. The molecule has 10 heteroatoms. The lowest BCUT2D eigenvalue weighted by molar-refractivity contribution is -0.131. The Hall–Kier alpha value is -4.24. The molecule has 4 rings (SSSR count). The van der Waals surface area contributed by atoms with Crippen LogP contribution in [0.25, 0.3) is 0 Å². The molecule has 1 fully saturated rings. The third-order valence-electron chi connectivity index (χ3n) is 6.50. The molecular weight excluding hydrogens is 520 g/mol. The zero-order valence-electron chi connectivity index (χ0n) is 21.9. The Bertz CT molecular complexity index is 1380. The van der Waals surface area contributed by atoms with Crippen LogP contribution in [0.1, 0.15) is 34.3 Å². The van der Waals surface area contributed by atoms with E-state index in [1.165, 1.54) is 12.3 Å². The molecule has 1 aliphatic heterocycles. The first-order chi connectivity index (χ1) is 18.7. The summed E-state index contributed by atoms with van der Waals surface area (Å²) in [5, 5.41) is 15.7. The fourth-order valence-corrected chi connectivity index (χ4v) is 4.68. The molecule has 0 aliphatic carbocycles. The quantitative estimate of drug-likeness (QED) is 0.292. The summed E-state index contributed by atoms with van der Waals surface area (Å²) in [5.41, 5.74) is 3.58. The number of aromatic carboxylic acids is 1. The van der Waals surface area contributed by atoms with E-state index in [9.17, 15) is 9.59 Å². The Morgan fingerprint density at radius 3 is 2.67 bits per heavy atom. The van der Waals surface area contributed by atoms with Crippen LogP contribution in [-0.4, -0.2) is 53.2 Å². The van der Waals surface area contributed by atoms with Crippen molar-refractivity contribution in [3.8, 4) is 11.6 Å². The minimum absolute atomic E-state index is 0.0187. The van der Waals surface area contributed by atoms with Gasteiger partial charge < -0.3 is 30.1 Å². The van der Waals surface area contributed by atoms with E-state index < -0.39 is 5.97 Å². The zero-order chi connectivity index (χ0) is 27.9. The summed E-state index contributed by atoms with van der Waals surface area (Å²) in [4.78, 5) is 30.1. The van der Waals surface area contributed by atoms with E-state index in [0.29, 0.717) is 18.1 Å².